The van der Waals surface area contributed by atoms with Crippen molar-refractivity contribution >= 4 is 25.6 Å². The summed E-state index contributed by atoms with van der Waals surface area (Å²) in [6.45, 7) is 2.55. The summed E-state index contributed by atoms with van der Waals surface area (Å²) in [7, 11) is 1.25. The summed E-state index contributed by atoms with van der Waals surface area (Å²) < 4.78 is 36.5. The molecule has 0 bridgehead atoms. The van der Waals surface area contributed by atoms with Gasteiger partial charge in [-0.2, -0.15) is 0 Å². The monoisotopic (exact) mass is 333 g/mol. The Morgan fingerprint density at radius 2 is 2.10 bits per heavy atom. The zero-order valence-electron chi connectivity index (χ0n) is 11.7. The standard InChI is InChI=1S/C14H17ClFNO3S/c1-2-3-8-17(11-5-6-11)14(18)12-9-10(16)4-7-13(12)21(15,19)20/h4,7,9,11H,2-3,5-6,8H2,1H3. The zero-order valence-corrected chi connectivity index (χ0v) is 13.3. The van der Waals surface area contributed by atoms with Gasteiger partial charge in [0.1, 0.15) is 5.82 Å². The van der Waals surface area contributed by atoms with E-state index in [1.165, 1.54) is 0 Å². The summed E-state index contributed by atoms with van der Waals surface area (Å²) >= 11 is 0. The van der Waals surface area contributed by atoms with E-state index in [0.717, 1.165) is 43.9 Å². The smallest absolute Gasteiger partial charge is 0.262 e. The van der Waals surface area contributed by atoms with Crippen LogP contribution < -0.4 is 0 Å². The number of carbonyl (C=O) groups is 1. The maximum absolute atomic E-state index is 13.4. The lowest BCUT2D eigenvalue weighted by molar-refractivity contribution is 0.0736. The molecule has 0 unspecified atom stereocenters. The highest BCUT2D eigenvalue weighted by Crippen LogP contribution is 2.30. The van der Waals surface area contributed by atoms with Crippen LogP contribution in [0.4, 0.5) is 4.39 Å². The molecule has 116 valence electrons. The number of carbonyl (C=O) groups excluding carboxylic acids is 1. The zero-order chi connectivity index (χ0) is 15.6. The van der Waals surface area contributed by atoms with Gasteiger partial charge in [-0.3, -0.25) is 4.79 Å². The molecule has 1 aliphatic carbocycles. The maximum Gasteiger partial charge on any atom is 0.262 e. The molecule has 0 radical (unpaired) electrons. The summed E-state index contributed by atoms with van der Waals surface area (Å²) in [6, 6.07) is 3.09. The predicted octanol–water partition coefficient (Wildman–Crippen LogP) is 3.16. The summed E-state index contributed by atoms with van der Waals surface area (Å²) in [5.41, 5.74) is -0.187. The minimum Gasteiger partial charge on any atom is -0.336 e. The molecule has 1 aromatic rings. The van der Waals surface area contributed by atoms with Gasteiger partial charge in [-0.15, -0.1) is 0 Å². The van der Waals surface area contributed by atoms with Crippen LogP contribution in [0.15, 0.2) is 23.1 Å². The molecule has 0 aliphatic heterocycles. The summed E-state index contributed by atoms with van der Waals surface area (Å²) in [5.74, 6) is -1.13. The molecular weight excluding hydrogens is 317 g/mol. The van der Waals surface area contributed by atoms with Crippen molar-refractivity contribution in [3.8, 4) is 0 Å². The molecule has 1 aromatic carbocycles. The van der Waals surface area contributed by atoms with Crippen molar-refractivity contribution in [2.45, 2.75) is 43.5 Å². The molecule has 1 amide bonds. The Morgan fingerprint density at radius 3 is 2.62 bits per heavy atom. The minimum absolute atomic E-state index is 0.123. The lowest BCUT2D eigenvalue weighted by Gasteiger charge is -2.23. The Bertz CT molecular complexity index is 644. The average Bonchev–Trinajstić information content (AvgIpc) is 3.22. The Hall–Kier alpha value is -1.14. The first kappa shape index (κ1) is 16.2. The lowest BCUT2D eigenvalue weighted by Crippen LogP contribution is -2.34. The Kier molecular flexibility index (Phi) is 4.88. The van der Waals surface area contributed by atoms with E-state index >= 15 is 0 Å². The van der Waals surface area contributed by atoms with Crippen molar-refractivity contribution in [3.05, 3.63) is 29.6 Å². The molecule has 0 saturated heterocycles. The first-order valence-corrected chi connectivity index (χ1v) is 9.20. The van der Waals surface area contributed by atoms with Crippen LogP contribution in [0.25, 0.3) is 0 Å². The van der Waals surface area contributed by atoms with Crippen LogP contribution in [0.2, 0.25) is 0 Å². The molecule has 1 saturated carbocycles. The van der Waals surface area contributed by atoms with Crippen LogP contribution in [0.5, 0.6) is 0 Å². The highest BCUT2D eigenvalue weighted by Gasteiger charge is 2.34. The highest BCUT2D eigenvalue weighted by atomic mass is 35.7. The molecule has 0 atom stereocenters. The molecule has 0 heterocycles. The van der Waals surface area contributed by atoms with Gasteiger partial charge in [-0.25, -0.2) is 12.8 Å². The van der Waals surface area contributed by atoms with Gasteiger partial charge in [0, 0.05) is 23.3 Å². The Morgan fingerprint density at radius 1 is 1.43 bits per heavy atom. The van der Waals surface area contributed by atoms with E-state index in [-0.39, 0.29) is 16.5 Å². The van der Waals surface area contributed by atoms with Crippen LogP contribution in [0.1, 0.15) is 43.0 Å². The number of hydrogen-bond acceptors (Lipinski definition) is 3. The van der Waals surface area contributed by atoms with Gasteiger partial charge in [0.25, 0.3) is 15.0 Å². The van der Waals surface area contributed by atoms with Gasteiger partial charge in [0.05, 0.1) is 10.5 Å². The molecule has 0 aromatic heterocycles. The number of amides is 1. The van der Waals surface area contributed by atoms with Crippen molar-refractivity contribution in [1.82, 2.24) is 4.90 Å². The van der Waals surface area contributed by atoms with Gasteiger partial charge in [-0.05, 0) is 37.5 Å². The van der Waals surface area contributed by atoms with Crippen LogP contribution in [-0.2, 0) is 9.05 Å². The van der Waals surface area contributed by atoms with Gasteiger partial charge in [0.2, 0.25) is 0 Å². The molecule has 21 heavy (non-hydrogen) atoms. The molecule has 1 fully saturated rings. The Balaban J connectivity index is 2.39. The van der Waals surface area contributed by atoms with Crippen molar-refractivity contribution in [2.24, 2.45) is 0 Å². The van der Waals surface area contributed by atoms with Crippen LogP contribution in [-0.4, -0.2) is 31.8 Å². The number of hydrogen-bond donors (Lipinski definition) is 0. The number of halogens is 2. The lowest BCUT2D eigenvalue weighted by atomic mass is 10.1. The minimum atomic E-state index is -4.10. The number of nitrogens with zero attached hydrogens (tertiary/aromatic N) is 1. The van der Waals surface area contributed by atoms with Crippen LogP contribution in [0, 0.1) is 5.82 Å². The van der Waals surface area contributed by atoms with Crippen molar-refractivity contribution in [2.75, 3.05) is 6.54 Å². The first-order valence-electron chi connectivity index (χ1n) is 6.89. The summed E-state index contributed by atoms with van der Waals surface area (Å²) in [6.07, 6.45) is 3.53. The normalized spacial score (nSPS) is 15.0. The quantitative estimate of drug-likeness (QED) is 0.751. The van der Waals surface area contributed by atoms with Crippen molar-refractivity contribution in [3.63, 3.8) is 0 Å². The maximum atomic E-state index is 13.4. The third kappa shape index (κ3) is 3.95. The van der Waals surface area contributed by atoms with Crippen molar-refractivity contribution in [1.29, 1.82) is 0 Å². The van der Waals surface area contributed by atoms with Crippen LogP contribution in [0.3, 0.4) is 0 Å². The molecule has 7 heteroatoms. The van der Waals surface area contributed by atoms with E-state index in [4.69, 9.17) is 10.7 Å². The van der Waals surface area contributed by atoms with Gasteiger partial charge in [-0.1, -0.05) is 13.3 Å². The molecule has 0 spiro atoms. The third-order valence-electron chi connectivity index (χ3n) is 3.44. The Labute approximate surface area is 128 Å². The van der Waals surface area contributed by atoms with Gasteiger partial charge < -0.3 is 4.90 Å². The fourth-order valence-electron chi connectivity index (χ4n) is 2.20. The molecular formula is C14H17ClFNO3S. The van der Waals surface area contributed by atoms with E-state index in [9.17, 15) is 17.6 Å². The molecule has 0 N–H and O–H groups in total. The SMILES string of the molecule is CCCCN(C(=O)c1cc(F)ccc1S(=O)(=O)Cl)C1CC1. The highest BCUT2D eigenvalue weighted by molar-refractivity contribution is 8.13. The summed E-state index contributed by atoms with van der Waals surface area (Å²) in [4.78, 5) is 13.9. The second-order valence-corrected chi connectivity index (χ2v) is 7.70. The molecule has 2 rings (SSSR count). The first-order chi connectivity index (χ1) is 9.84. The van der Waals surface area contributed by atoms with E-state index < -0.39 is 20.8 Å². The van der Waals surface area contributed by atoms with Crippen LogP contribution >= 0.6 is 10.7 Å². The average molecular weight is 334 g/mol. The topological polar surface area (TPSA) is 54.5 Å². The molecule has 1 aliphatic rings. The van der Waals surface area contributed by atoms with Crippen molar-refractivity contribution < 1.29 is 17.6 Å². The van der Waals surface area contributed by atoms with E-state index in [1.54, 1.807) is 4.90 Å². The second kappa shape index (κ2) is 6.32. The van der Waals surface area contributed by atoms with E-state index in [0.29, 0.717) is 6.54 Å². The van der Waals surface area contributed by atoms with E-state index in [1.807, 2.05) is 6.92 Å². The van der Waals surface area contributed by atoms with Gasteiger partial charge >= 0.3 is 0 Å². The number of rotatable bonds is 6. The largest absolute Gasteiger partial charge is 0.336 e. The number of unbranched alkanes of at least 4 members (excludes halogenated alkanes) is 1. The molecule has 4 nitrogen and oxygen atoms in total. The number of benzene rings is 1. The summed E-state index contributed by atoms with van der Waals surface area (Å²) in [5, 5.41) is 0. The third-order valence-corrected chi connectivity index (χ3v) is 4.82. The van der Waals surface area contributed by atoms with E-state index in [2.05, 4.69) is 0 Å². The van der Waals surface area contributed by atoms with Gasteiger partial charge in [0.15, 0.2) is 0 Å². The fraction of sp³-hybridized carbons (Fsp3) is 0.500. The second-order valence-electron chi connectivity index (χ2n) is 5.16. The predicted molar refractivity (Wildman–Crippen MR) is 78.4 cm³/mol. The fourth-order valence-corrected chi connectivity index (χ4v) is 3.24.